The number of esters is 1. The minimum absolute atomic E-state index is 0.0988. The number of nitro groups is 1. The minimum atomic E-state index is -0.619. The second-order valence-electron chi connectivity index (χ2n) is 7.46. The molecule has 1 aliphatic carbocycles. The minimum Gasteiger partial charge on any atom is -0.465 e. The maximum absolute atomic E-state index is 11.7. The van der Waals surface area contributed by atoms with Crippen molar-refractivity contribution in [3.05, 3.63) is 27.9 Å². The van der Waals surface area contributed by atoms with Crippen LogP contribution in [0.3, 0.4) is 0 Å². The Labute approximate surface area is 159 Å². The smallest absolute Gasteiger partial charge is 0.339 e. The first-order chi connectivity index (χ1) is 13.1. The van der Waals surface area contributed by atoms with E-state index in [1.165, 1.54) is 51.5 Å². The van der Waals surface area contributed by atoms with Crippen molar-refractivity contribution in [1.82, 2.24) is 9.88 Å². The highest BCUT2D eigenvalue weighted by molar-refractivity contribution is 5.90. The van der Waals surface area contributed by atoms with Crippen LogP contribution in [0.4, 0.5) is 11.5 Å². The highest BCUT2D eigenvalue weighted by atomic mass is 16.6. The fourth-order valence-corrected chi connectivity index (χ4v) is 4.15. The summed E-state index contributed by atoms with van der Waals surface area (Å²) in [6, 6.07) is 1.26. The summed E-state index contributed by atoms with van der Waals surface area (Å²) in [5, 5.41) is 11.5. The van der Waals surface area contributed by atoms with Crippen molar-refractivity contribution in [2.24, 2.45) is 5.92 Å². The van der Waals surface area contributed by atoms with Crippen molar-refractivity contribution in [2.75, 3.05) is 44.7 Å². The number of nitrogens with zero attached hydrogens (tertiary/aromatic N) is 4. The molecule has 1 aliphatic heterocycles. The Bertz CT molecular complexity index is 676. The van der Waals surface area contributed by atoms with Crippen LogP contribution in [-0.2, 0) is 4.74 Å². The SMILES string of the molecule is COC(=O)c1cnc(N2CCCN(CC3CCCCC3)CC2)c([N+](=O)[O-])c1. The molecule has 27 heavy (non-hydrogen) atoms. The van der Waals surface area contributed by atoms with Gasteiger partial charge in [0, 0.05) is 38.4 Å². The average molecular weight is 376 g/mol. The monoisotopic (exact) mass is 376 g/mol. The lowest BCUT2D eigenvalue weighted by Crippen LogP contribution is -2.35. The number of aromatic nitrogens is 1. The van der Waals surface area contributed by atoms with E-state index in [0.29, 0.717) is 12.4 Å². The van der Waals surface area contributed by atoms with Gasteiger partial charge in [-0.2, -0.15) is 0 Å². The van der Waals surface area contributed by atoms with Gasteiger partial charge < -0.3 is 14.5 Å². The second-order valence-corrected chi connectivity index (χ2v) is 7.46. The lowest BCUT2D eigenvalue weighted by molar-refractivity contribution is -0.384. The molecule has 1 saturated heterocycles. The normalized spacial score (nSPS) is 19.5. The van der Waals surface area contributed by atoms with Crippen LogP contribution in [0.1, 0.15) is 48.9 Å². The number of rotatable bonds is 5. The Hall–Kier alpha value is -2.22. The maximum atomic E-state index is 11.7. The third kappa shape index (κ3) is 4.94. The molecule has 1 saturated carbocycles. The molecule has 2 aliphatic rings. The van der Waals surface area contributed by atoms with Crippen LogP contribution in [0.5, 0.6) is 0 Å². The van der Waals surface area contributed by atoms with Crippen LogP contribution in [0.2, 0.25) is 0 Å². The van der Waals surface area contributed by atoms with Gasteiger partial charge in [0.2, 0.25) is 5.82 Å². The van der Waals surface area contributed by atoms with E-state index in [9.17, 15) is 14.9 Å². The highest BCUT2D eigenvalue weighted by Gasteiger charge is 2.26. The van der Waals surface area contributed by atoms with E-state index in [-0.39, 0.29) is 11.3 Å². The Morgan fingerprint density at radius 3 is 2.70 bits per heavy atom. The molecule has 0 unspecified atom stereocenters. The van der Waals surface area contributed by atoms with E-state index in [1.54, 1.807) is 0 Å². The number of hydrogen-bond acceptors (Lipinski definition) is 7. The fourth-order valence-electron chi connectivity index (χ4n) is 4.15. The topological polar surface area (TPSA) is 88.8 Å². The molecule has 1 aromatic heterocycles. The maximum Gasteiger partial charge on any atom is 0.339 e. The molecule has 1 aromatic rings. The molecule has 0 aromatic carbocycles. The van der Waals surface area contributed by atoms with Gasteiger partial charge in [0.15, 0.2) is 0 Å². The van der Waals surface area contributed by atoms with E-state index in [4.69, 9.17) is 0 Å². The molecule has 3 rings (SSSR count). The molecule has 0 radical (unpaired) electrons. The summed E-state index contributed by atoms with van der Waals surface area (Å²) in [6.07, 6.45) is 9.00. The summed E-state index contributed by atoms with van der Waals surface area (Å²) in [5.41, 5.74) is -0.0414. The number of carbonyl (C=O) groups excluding carboxylic acids is 1. The zero-order chi connectivity index (χ0) is 19.2. The van der Waals surface area contributed by atoms with Crippen molar-refractivity contribution >= 4 is 17.5 Å². The van der Waals surface area contributed by atoms with E-state index in [1.807, 2.05) is 4.90 Å². The van der Waals surface area contributed by atoms with Gasteiger partial charge in [-0.3, -0.25) is 10.1 Å². The summed E-state index contributed by atoms with van der Waals surface area (Å²) in [7, 11) is 1.25. The molecule has 2 fully saturated rings. The van der Waals surface area contributed by atoms with Crippen molar-refractivity contribution in [1.29, 1.82) is 0 Å². The summed E-state index contributed by atoms with van der Waals surface area (Å²) >= 11 is 0. The molecule has 2 heterocycles. The standard InChI is InChI=1S/C19H28N4O4/c1-27-19(24)16-12-17(23(25)26)18(20-13-16)22-9-5-8-21(10-11-22)14-15-6-3-2-4-7-15/h12-13,15H,2-11,14H2,1H3. The fraction of sp³-hybridized carbons (Fsp3) is 0.684. The van der Waals surface area contributed by atoms with Gasteiger partial charge >= 0.3 is 11.7 Å². The Morgan fingerprint density at radius 2 is 2.00 bits per heavy atom. The molecular formula is C19H28N4O4. The highest BCUT2D eigenvalue weighted by Crippen LogP contribution is 2.29. The number of pyridine rings is 1. The molecular weight excluding hydrogens is 348 g/mol. The zero-order valence-electron chi connectivity index (χ0n) is 15.9. The first-order valence-electron chi connectivity index (χ1n) is 9.78. The number of anilines is 1. The molecule has 0 N–H and O–H groups in total. The quantitative estimate of drug-likeness (QED) is 0.443. The zero-order valence-corrected chi connectivity index (χ0v) is 15.9. The lowest BCUT2D eigenvalue weighted by atomic mass is 9.89. The first-order valence-corrected chi connectivity index (χ1v) is 9.78. The van der Waals surface area contributed by atoms with Crippen LogP contribution < -0.4 is 4.90 Å². The van der Waals surface area contributed by atoms with Gasteiger partial charge in [-0.25, -0.2) is 9.78 Å². The molecule has 0 atom stereocenters. The summed E-state index contributed by atoms with van der Waals surface area (Å²) in [4.78, 5) is 31.4. The molecule has 0 amide bonds. The van der Waals surface area contributed by atoms with Crippen LogP contribution in [0.15, 0.2) is 12.3 Å². The third-order valence-electron chi connectivity index (χ3n) is 5.59. The van der Waals surface area contributed by atoms with Gasteiger partial charge in [-0.1, -0.05) is 19.3 Å². The Balaban J connectivity index is 1.69. The van der Waals surface area contributed by atoms with Gasteiger partial charge in [0.25, 0.3) is 0 Å². The summed E-state index contributed by atoms with van der Waals surface area (Å²) in [6.45, 7) is 4.46. The molecule has 0 spiro atoms. The number of hydrogen-bond donors (Lipinski definition) is 0. The van der Waals surface area contributed by atoms with Crippen LogP contribution in [0, 0.1) is 16.0 Å². The van der Waals surface area contributed by atoms with Gasteiger partial charge in [-0.05, 0) is 31.7 Å². The average Bonchev–Trinajstić information content (AvgIpc) is 2.93. The molecule has 8 heteroatoms. The third-order valence-corrected chi connectivity index (χ3v) is 5.59. The number of methoxy groups -OCH3 is 1. The largest absolute Gasteiger partial charge is 0.465 e. The van der Waals surface area contributed by atoms with E-state index in [2.05, 4.69) is 14.6 Å². The van der Waals surface area contributed by atoms with Crippen molar-refractivity contribution in [3.8, 4) is 0 Å². The van der Waals surface area contributed by atoms with Crippen molar-refractivity contribution < 1.29 is 14.5 Å². The number of carbonyl (C=O) groups is 1. The van der Waals surface area contributed by atoms with Gasteiger partial charge in [-0.15, -0.1) is 0 Å². The number of ether oxygens (including phenoxy) is 1. The molecule has 8 nitrogen and oxygen atoms in total. The van der Waals surface area contributed by atoms with Gasteiger partial charge in [0.05, 0.1) is 17.6 Å². The van der Waals surface area contributed by atoms with E-state index < -0.39 is 10.9 Å². The van der Waals surface area contributed by atoms with E-state index in [0.717, 1.165) is 38.5 Å². The van der Waals surface area contributed by atoms with Crippen LogP contribution in [0.25, 0.3) is 0 Å². The van der Waals surface area contributed by atoms with E-state index >= 15 is 0 Å². The predicted molar refractivity (Wildman–Crippen MR) is 102 cm³/mol. The van der Waals surface area contributed by atoms with Crippen LogP contribution >= 0.6 is 0 Å². The van der Waals surface area contributed by atoms with Crippen molar-refractivity contribution in [3.63, 3.8) is 0 Å². The second kappa shape index (κ2) is 9.12. The van der Waals surface area contributed by atoms with Crippen LogP contribution in [-0.4, -0.2) is 60.6 Å². The summed E-state index contributed by atoms with van der Waals surface area (Å²) < 4.78 is 4.64. The Morgan fingerprint density at radius 1 is 1.22 bits per heavy atom. The Kier molecular flexibility index (Phi) is 6.60. The summed E-state index contributed by atoms with van der Waals surface area (Å²) in [5.74, 6) is 0.510. The first kappa shape index (κ1) is 19.5. The molecule has 0 bridgehead atoms. The molecule has 148 valence electrons. The van der Waals surface area contributed by atoms with Crippen molar-refractivity contribution in [2.45, 2.75) is 38.5 Å². The van der Waals surface area contributed by atoms with Gasteiger partial charge in [0.1, 0.15) is 0 Å². The lowest BCUT2D eigenvalue weighted by Gasteiger charge is -2.28. The predicted octanol–water partition coefficient (Wildman–Crippen LogP) is 2.87.